The summed E-state index contributed by atoms with van der Waals surface area (Å²) in [6.45, 7) is 4.16. The lowest BCUT2D eigenvalue weighted by Crippen LogP contribution is -2.61. The minimum Gasteiger partial charge on any atom is -0.370 e. The number of rotatable bonds is 2. The molecule has 3 N–H and O–H groups in total. The molecule has 0 aromatic carbocycles. The van der Waals surface area contributed by atoms with E-state index in [-0.39, 0.29) is 6.04 Å². The van der Waals surface area contributed by atoms with Crippen LogP contribution in [0.2, 0.25) is 0 Å². The minimum absolute atomic E-state index is 0.288. The lowest BCUT2D eigenvalue weighted by atomic mass is 9.53. The fourth-order valence-electron chi connectivity index (χ4n) is 4.85. The van der Waals surface area contributed by atoms with Crippen molar-refractivity contribution >= 4 is 5.96 Å². The van der Waals surface area contributed by atoms with Gasteiger partial charge in [0.05, 0.1) is 0 Å². The Morgan fingerprint density at radius 3 is 2.00 bits per heavy atom. The zero-order valence-electron chi connectivity index (χ0n) is 11.1. The molecule has 3 heteroatoms. The summed E-state index contributed by atoms with van der Waals surface area (Å²) in [6.07, 6.45) is 8.40. The third kappa shape index (κ3) is 2.16. The van der Waals surface area contributed by atoms with Gasteiger partial charge in [0, 0.05) is 11.6 Å². The summed E-state index contributed by atoms with van der Waals surface area (Å²) in [7, 11) is 0. The number of guanidine groups is 1. The van der Waals surface area contributed by atoms with E-state index in [1.165, 1.54) is 38.5 Å². The fourth-order valence-corrected chi connectivity index (χ4v) is 4.85. The van der Waals surface area contributed by atoms with Crippen molar-refractivity contribution < 1.29 is 0 Å². The zero-order chi connectivity index (χ0) is 12.0. The van der Waals surface area contributed by atoms with E-state index >= 15 is 0 Å². The molecule has 0 amide bonds. The summed E-state index contributed by atoms with van der Waals surface area (Å²) in [5.74, 6) is 3.55. The van der Waals surface area contributed by atoms with Gasteiger partial charge in [0.15, 0.2) is 5.96 Å². The second kappa shape index (κ2) is 3.89. The van der Waals surface area contributed by atoms with Crippen LogP contribution in [-0.2, 0) is 0 Å². The van der Waals surface area contributed by atoms with E-state index in [9.17, 15) is 0 Å². The maximum atomic E-state index is 6.03. The second-order valence-electron chi connectivity index (χ2n) is 6.93. The Kier molecular flexibility index (Phi) is 2.60. The SMILES string of the molecule is CC(C)N=C(N)NC12CC3CC(CC(C3)C1)C2. The molecule has 0 unspecified atom stereocenters. The molecule has 4 fully saturated rings. The Balaban J connectivity index is 1.74. The van der Waals surface area contributed by atoms with Crippen LogP contribution in [0.1, 0.15) is 52.4 Å². The predicted octanol–water partition coefficient (Wildman–Crippen LogP) is 2.27. The van der Waals surface area contributed by atoms with Gasteiger partial charge in [-0.2, -0.15) is 0 Å². The maximum Gasteiger partial charge on any atom is 0.189 e. The van der Waals surface area contributed by atoms with Crippen LogP contribution in [-0.4, -0.2) is 17.5 Å². The first-order valence-corrected chi connectivity index (χ1v) is 7.16. The molecular weight excluding hydrogens is 210 g/mol. The molecule has 4 aliphatic carbocycles. The Hall–Kier alpha value is -0.730. The number of aliphatic imine (C=N–C) groups is 1. The van der Waals surface area contributed by atoms with Gasteiger partial charge in [0.1, 0.15) is 0 Å². The first kappa shape index (κ1) is 11.4. The zero-order valence-corrected chi connectivity index (χ0v) is 11.1. The van der Waals surface area contributed by atoms with Crippen molar-refractivity contribution in [1.82, 2.24) is 5.32 Å². The molecule has 0 radical (unpaired) electrons. The molecule has 4 rings (SSSR count). The Morgan fingerprint density at radius 1 is 1.12 bits per heavy atom. The third-order valence-corrected chi connectivity index (χ3v) is 4.83. The molecule has 0 aromatic heterocycles. The first-order valence-electron chi connectivity index (χ1n) is 7.16. The average Bonchev–Trinajstić information content (AvgIpc) is 2.11. The molecule has 0 heterocycles. The van der Waals surface area contributed by atoms with Gasteiger partial charge in [-0.05, 0) is 70.1 Å². The molecule has 17 heavy (non-hydrogen) atoms. The monoisotopic (exact) mass is 235 g/mol. The van der Waals surface area contributed by atoms with Crippen LogP contribution in [0.25, 0.3) is 0 Å². The number of nitrogens with zero attached hydrogens (tertiary/aromatic N) is 1. The van der Waals surface area contributed by atoms with Crippen LogP contribution in [0.3, 0.4) is 0 Å². The third-order valence-electron chi connectivity index (χ3n) is 4.83. The Morgan fingerprint density at radius 2 is 1.59 bits per heavy atom. The van der Waals surface area contributed by atoms with Crippen molar-refractivity contribution in [3.05, 3.63) is 0 Å². The van der Waals surface area contributed by atoms with Gasteiger partial charge in [0.2, 0.25) is 0 Å². The smallest absolute Gasteiger partial charge is 0.189 e. The summed E-state index contributed by atoms with van der Waals surface area (Å²) in [4.78, 5) is 4.44. The Bertz CT molecular complexity index is 297. The van der Waals surface area contributed by atoms with Gasteiger partial charge >= 0.3 is 0 Å². The van der Waals surface area contributed by atoms with Gasteiger partial charge < -0.3 is 11.1 Å². The molecule has 0 atom stereocenters. The molecule has 0 saturated heterocycles. The molecule has 0 aliphatic heterocycles. The highest BCUT2D eigenvalue weighted by molar-refractivity contribution is 5.79. The van der Waals surface area contributed by atoms with Gasteiger partial charge in [-0.1, -0.05) is 0 Å². The fraction of sp³-hybridized carbons (Fsp3) is 0.929. The summed E-state index contributed by atoms with van der Waals surface area (Å²) in [6, 6.07) is 0.288. The summed E-state index contributed by atoms with van der Waals surface area (Å²) >= 11 is 0. The van der Waals surface area contributed by atoms with E-state index in [1.54, 1.807) is 0 Å². The van der Waals surface area contributed by atoms with Gasteiger partial charge in [-0.25, -0.2) is 0 Å². The van der Waals surface area contributed by atoms with Crippen molar-refractivity contribution in [2.75, 3.05) is 0 Å². The van der Waals surface area contributed by atoms with E-state index < -0.39 is 0 Å². The molecule has 0 spiro atoms. The van der Waals surface area contributed by atoms with Crippen LogP contribution in [0, 0.1) is 17.8 Å². The maximum absolute atomic E-state index is 6.03. The van der Waals surface area contributed by atoms with Crippen LogP contribution >= 0.6 is 0 Å². The predicted molar refractivity (Wildman–Crippen MR) is 70.8 cm³/mol. The van der Waals surface area contributed by atoms with Crippen LogP contribution in [0.5, 0.6) is 0 Å². The summed E-state index contributed by atoms with van der Waals surface area (Å²) in [5, 5.41) is 3.58. The largest absolute Gasteiger partial charge is 0.370 e. The first-order chi connectivity index (χ1) is 8.05. The van der Waals surface area contributed by atoms with Gasteiger partial charge in [0.25, 0.3) is 0 Å². The highest BCUT2D eigenvalue weighted by Crippen LogP contribution is 2.55. The van der Waals surface area contributed by atoms with E-state index in [4.69, 9.17) is 5.73 Å². The van der Waals surface area contributed by atoms with Crippen molar-refractivity contribution in [3.8, 4) is 0 Å². The van der Waals surface area contributed by atoms with E-state index in [1.807, 2.05) is 0 Å². The van der Waals surface area contributed by atoms with Crippen molar-refractivity contribution in [2.45, 2.75) is 64.0 Å². The van der Waals surface area contributed by atoms with Crippen molar-refractivity contribution in [2.24, 2.45) is 28.5 Å². The molecule has 3 nitrogen and oxygen atoms in total. The topological polar surface area (TPSA) is 50.4 Å². The molecule has 0 aromatic rings. The average molecular weight is 235 g/mol. The van der Waals surface area contributed by atoms with Crippen molar-refractivity contribution in [3.63, 3.8) is 0 Å². The highest BCUT2D eigenvalue weighted by atomic mass is 15.2. The van der Waals surface area contributed by atoms with Gasteiger partial charge in [-0.3, -0.25) is 4.99 Å². The lowest BCUT2D eigenvalue weighted by molar-refractivity contribution is -0.0102. The van der Waals surface area contributed by atoms with Crippen molar-refractivity contribution in [1.29, 1.82) is 0 Å². The van der Waals surface area contributed by atoms with E-state index in [2.05, 4.69) is 24.2 Å². The van der Waals surface area contributed by atoms with E-state index in [0.717, 1.165) is 17.8 Å². The molecule has 96 valence electrons. The molecule has 4 bridgehead atoms. The Labute approximate surface area is 104 Å². The number of nitrogens with one attached hydrogen (secondary N) is 1. The number of nitrogens with two attached hydrogens (primary N) is 1. The van der Waals surface area contributed by atoms with Crippen LogP contribution in [0.15, 0.2) is 4.99 Å². The summed E-state index contributed by atoms with van der Waals surface area (Å²) in [5.41, 5.74) is 6.34. The number of hydrogen-bond donors (Lipinski definition) is 2. The second-order valence-corrected chi connectivity index (χ2v) is 6.93. The van der Waals surface area contributed by atoms with Gasteiger partial charge in [-0.15, -0.1) is 0 Å². The van der Waals surface area contributed by atoms with E-state index in [0.29, 0.717) is 11.5 Å². The lowest BCUT2D eigenvalue weighted by Gasteiger charge is -2.57. The quantitative estimate of drug-likeness (QED) is 0.570. The molecule has 4 saturated carbocycles. The molecular formula is C14H25N3. The number of hydrogen-bond acceptors (Lipinski definition) is 1. The standard InChI is InChI=1S/C14H25N3/c1-9(2)16-13(15)17-14-6-10-3-11(7-14)5-12(4-10)8-14/h9-12H,3-8H2,1-2H3,(H3,15,16,17). The van der Waals surface area contributed by atoms with Crippen LogP contribution in [0.4, 0.5) is 0 Å². The normalized spacial score (nSPS) is 44.4. The summed E-state index contributed by atoms with van der Waals surface area (Å²) < 4.78 is 0. The molecule has 4 aliphatic rings. The van der Waals surface area contributed by atoms with Crippen LogP contribution < -0.4 is 11.1 Å². The minimum atomic E-state index is 0.288. The highest BCUT2D eigenvalue weighted by Gasteiger charge is 2.51.